The Morgan fingerprint density at radius 1 is 1.11 bits per heavy atom. The predicted octanol–water partition coefficient (Wildman–Crippen LogP) is 7.75. The third kappa shape index (κ3) is 7.39. The van der Waals surface area contributed by atoms with Gasteiger partial charge in [0.2, 0.25) is 0 Å². The Morgan fingerprint density at radius 2 is 1.89 bits per heavy atom. The van der Waals surface area contributed by atoms with E-state index in [1.54, 1.807) is 18.2 Å². The fourth-order valence-corrected chi connectivity index (χ4v) is 5.84. The fourth-order valence-electron chi connectivity index (χ4n) is 4.39. The van der Waals surface area contributed by atoms with E-state index in [0.29, 0.717) is 55.6 Å². The molecule has 1 atom stereocenters. The van der Waals surface area contributed by atoms with Crippen molar-refractivity contribution >= 4 is 27.4 Å². The van der Waals surface area contributed by atoms with Gasteiger partial charge in [0.1, 0.15) is 11.5 Å². The van der Waals surface area contributed by atoms with Crippen LogP contribution in [-0.2, 0) is 23.8 Å². The highest BCUT2D eigenvalue weighted by Gasteiger charge is 2.31. The zero-order valence-corrected chi connectivity index (χ0v) is 21.7. The van der Waals surface area contributed by atoms with Crippen molar-refractivity contribution in [3.63, 3.8) is 0 Å². The number of benzene rings is 2. The normalized spacial score (nSPS) is 12.3. The van der Waals surface area contributed by atoms with Gasteiger partial charge in [-0.15, -0.1) is 11.3 Å². The lowest BCUT2D eigenvalue weighted by Gasteiger charge is -2.18. The molecule has 37 heavy (non-hydrogen) atoms. The van der Waals surface area contributed by atoms with Crippen LogP contribution in [0.25, 0.3) is 10.1 Å². The number of rotatable bonds is 13. The molecule has 0 bridgehead atoms. The summed E-state index contributed by atoms with van der Waals surface area (Å²) in [6, 6.07) is 11.4. The van der Waals surface area contributed by atoms with Crippen LogP contribution in [0.5, 0.6) is 11.5 Å². The van der Waals surface area contributed by atoms with Crippen molar-refractivity contribution in [1.82, 2.24) is 0 Å². The number of nitriles is 1. The maximum Gasteiger partial charge on any atom is 0.416 e. The SMILES string of the molecule is CCc1cc(OCCC(CCCC#N)c2sc3ccc(C(F)(F)F)cc3c2CC)ccc1OCC(=O)O. The zero-order chi connectivity index (χ0) is 27.0. The van der Waals surface area contributed by atoms with Crippen molar-refractivity contribution in [2.45, 2.75) is 64.5 Å². The van der Waals surface area contributed by atoms with Crippen molar-refractivity contribution in [1.29, 1.82) is 5.26 Å². The molecule has 1 unspecified atom stereocenters. The molecule has 3 rings (SSSR count). The Balaban J connectivity index is 1.80. The Hall–Kier alpha value is -3.25. The number of carboxylic acids is 1. The van der Waals surface area contributed by atoms with Crippen molar-refractivity contribution in [3.05, 3.63) is 58.0 Å². The van der Waals surface area contributed by atoms with Gasteiger partial charge in [0.25, 0.3) is 0 Å². The van der Waals surface area contributed by atoms with Gasteiger partial charge in [0.05, 0.1) is 18.2 Å². The second-order valence-electron chi connectivity index (χ2n) is 8.70. The molecule has 1 aromatic heterocycles. The molecule has 9 heteroatoms. The quantitative estimate of drug-likeness (QED) is 0.227. The van der Waals surface area contributed by atoms with Crippen LogP contribution in [0.4, 0.5) is 13.2 Å². The van der Waals surface area contributed by atoms with Crippen LogP contribution in [0, 0.1) is 11.3 Å². The predicted molar refractivity (Wildman–Crippen MR) is 137 cm³/mol. The second-order valence-corrected chi connectivity index (χ2v) is 9.78. The number of unbranched alkanes of at least 4 members (excludes halogenated alkanes) is 1. The van der Waals surface area contributed by atoms with Gasteiger partial charge in [0, 0.05) is 16.0 Å². The zero-order valence-electron chi connectivity index (χ0n) is 20.9. The van der Waals surface area contributed by atoms with E-state index >= 15 is 0 Å². The van der Waals surface area contributed by atoms with Gasteiger partial charge < -0.3 is 14.6 Å². The van der Waals surface area contributed by atoms with Gasteiger partial charge >= 0.3 is 12.1 Å². The monoisotopic (exact) mass is 533 g/mol. The number of alkyl halides is 3. The average Bonchev–Trinajstić information content (AvgIpc) is 3.24. The summed E-state index contributed by atoms with van der Waals surface area (Å²) in [4.78, 5) is 11.9. The molecule has 0 saturated heterocycles. The highest BCUT2D eigenvalue weighted by atomic mass is 32.1. The lowest BCUT2D eigenvalue weighted by atomic mass is 9.92. The summed E-state index contributed by atoms with van der Waals surface area (Å²) in [5, 5.41) is 18.5. The Labute approximate surface area is 218 Å². The Morgan fingerprint density at radius 3 is 2.54 bits per heavy atom. The van der Waals surface area contributed by atoms with Crippen LogP contribution in [0.3, 0.4) is 0 Å². The van der Waals surface area contributed by atoms with Gasteiger partial charge in [-0.3, -0.25) is 0 Å². The number of aryl methyl sites for hydroxylation is 2. The molecule has 2 aromatic carbocycles. The minimum absolute atomic E-state index is 0.0545. The molecule has 1 N–H and O–H groups in total. The van der Waals surface area contributed by atoms with Crippen LogP contribution < -0.4 is 9.47 Å². The summed E-state index contributed by atoms with van der Waals surface area (Å²) < 4.78 is 52.2. The maximum atomic E-state index is 13.3. The summed E-state index contributed by atoms with van der Waals surface area (Å²) in [5.74, 6) is 0.144. The second kappa shape index (κ2) is 12.8. The number of halogens is 3. The summed E-state index contributed by atoms with van der Waals surface area (Å²) in [6.45, 7) is 3.86. The largest absolute Gasteiger partial charge is 0.494 e. The number of nitrogens with zero attached hydrogens (tertiary/aromatic N) is 1. The van der Waals surface area contributed by atoms with Crippen molar-refractivity contribution < 1.29 is 32.5 Å². The van der Waals surface area contributed by atoms with E-state index in [-0.39, 0.29) is 5.92 Å². The van der Waals surface area contributed by atoms with Gasteiger partial charge in [-0.2, -0.15) is 18.4 Å². The topological polar surface area (TPSA) is 79.5 Å². The molecule has 198 valence electrons. The van der Waals surface area contributed by atoms with Gasteiger partial charge in [0.15, 0.2) is 6.61 Å². The van der Waals surface area contributed by atoms with E-state index in [9.17, 15) is 18.0 Å². The average molecular weight is 534 g/mol. The van der Waals surface area contributed by atoms with Crippen molar-refractivity contribution in [2.24, 2.45) is 0 Å². The summed E-state index contributed by atoms with van der Waals surface area (Å²) >= 11 is 1.53. The summed E-state index contributed by atoms with van der Waals surface area (Å²) in [6.07, 6.45) is -0.635. The van der Waals surface area contributed by atoms with Crippen LogP contribution in [0.1, 0.15) is 67.0 Å². The van der Waals surface area contributed by atoms with E-state index in [2.05, 4.69) is 6.07 Å². The first kappa shape index (κ1) is 28.3. The Kier molecular flexibility index (Phi) is 9.81. The standard InChI is InChI=1S/C28H30F3NO4S/c1-3-18-15-21(9-10-24(18)36-17-26(33)34)35-14-12-19(7-5-6-13-32)27-22(4-2)23-16-20(28(29,30)31)8-11-25(23)37-27/h8-11,15-16,19H,3-7,12,14,17H2,1-2H3,(H,33,34). The van der Waals surface area contributed by atoms with E-state index in [4.69, 9.17) is 19.8 Å². The number of carbonyl (C=O) groups is 1. The first-order valence-electron chi connectivity index (χ1n) is 12.3. The molecule has 3 aromatic rings. The van der Waals surface area contributed by atoms with Crippen LogP contribution in [0.15, 0.2) is 36.4 Å². The molecule has 1 heterocycles. The van der Waals surface area contributed by atoms with Gasteiger partial charge in [-0.25, -0.2) is 4.79 Å². The first-order valence-corrected chi connectivity index (χ1v) is 13.1. The van der Waals surface area contributed by atoms with Crippen LogP contribution in [-0.4, -0.2) is 24.3 Å². The van der Waals surface area contributed by atoms with E-state index in [1.807, 2.05) is 19.9 Å². The molecular formula is C28H30F3NO4S. The summed E-state index contributed by atoms with van der Waals surface area (Å²) in [5.41, 5.74) is 1.12. The van der Waals surface area contributed by atoms with Crippen molar-refractivity contribution in [2.75, 3.05) is 13.2 Å². The minimum Gasteiger partial charge on any atom is -0.494 e. The molecule has 0 radical (unpaired) electrons. The number of thiophene rings is 1. The van der Waals surface area contributed by atoms with E-state index < -0.39 is 24.3 Å². The molecule has 5 nitrogen and oxygen atoms in total. The van der Waals surface area contributed by atoms with E-state index in [0.717, 1.165) is 33.2 Å². The smallest absolute Gasteiger partial charge is 0.416 e. The third-order valence-electron chi connectivity index (χ3n) is 6.21. The van der Waals surface area contributed by atoms with Gasteiger partial charge in [-0.1, -0.05) is 13.8 Å². The molecule has 0 aliphatic heterocycles. The van der Waals surface area contributed by atoms with Gasteiger partial charge in [-0.05, 0) is 90.9 Å². The van der Waals surface area contributed by atoms with Crippen LogP contribution >= 0.6 is 11.3 Å². The van der Waals surface area contributed by atoms with E-state index in [1.165, 1.54) is 17.4 Å². The number of ether oxygens (including phenoxy) is 2. The number of aliphatic carboxylic acids is 1. The number of hydrogen-bond donors (Lipinski definition) is 1. The molecule has 0 spiro atoms. The molecule has 0 saturated carbocycles. The highest BCUT2D eigenvalue weighted by molar-refractivity contribution is 7.19. The third-order valence-corrected chi connectivity index (χ3v) is 7.59. The fraction of sp³-hybridized carbons (Fsp3) is 0.429. The molecule has 0 aliphatic carbocycles. The highest BCUT2D eigenvalue weighted by Crippen LogP contribution is 2.42. The molecule has 0 fully saturated rings. The molecule has 0 amide bonds. The van der Waals surface area contributed by atoms with Crippen LogP contribution in [0.2, 0.25) is 0 Å². The van der Waals surface area contributed by atoms with Crippen molar-refractivity contribution in [3.8, 4) is 17.6 Å². The number of carboxylic acid groups (broad SMARTS) is 1. The Bertz CT molecular complexity index is 1260. The lowest BCUT2D eigenvalue weighted by Crippen LogP contribution is -2.10. The molecular weight excluding hydrogens is 503 g/mol. The minimum atomic E-state index is -4.40. The lowest BCUT2D eigenvalue weighted by molar-refractivity contribution is -0.139. The summed E-state index contributed by atoms with van der Waals surface area (Å²) in [7, 11) is 0. The number of fused-ring (bicyclic) bond motifs is 1. The number of hydrogen-bond acceptors (Lipinski definition) is 5. The maximum absolute atomic E-state index is 13.3. The first-order chi connectivity index (χ1) is 17.7. The molecule has 0 aliphatic rings.